The molecule has 1 atom stereocenters. The molecular formula is C14H21N3O2. The minimum Gasteiger partial charge on any atom is -0.409 e. The van der Waals surface area contributed by atoms with Crippen LogP contribution in [0.3, 0.4) is 0 Å². The Balaban J connectivity index is 2.01. The third kappa shape index (κ3) is 3.68. The van der Waals surface area contributed by atoms with Crippen LogP contribution in [0.5, 0.6) is 0 Å². The number of rotatable bonds is 6. The van der Waals surface area contributed by atoms with Gasteiger partial charge in [0.2, 0.25) is 0 Å². The molecule has 1 aromatic carbocycles. The zero-order valence-corrected chi connectivity index (χ0v) is 10.9. The van der Waals surface area contributed by atoms with Crippen molar-refractivity contribution in [1.29, 1.82) is 0 Å². The lowest BCUT2D eigenvalue weighted by atomic mass is 9.80. The molecule has 1 unspecified atom stereocenters. The number of hydrogen-bond acceptors (Lipinski definition) is 4. The normalized spacial score (nSPS) is 19.7. The van der Waals surface area contributed by atoms with Gasteiger partial charge < -0.3 is 21.4 Å². The summed E-state index contributed by atoms with van der Waals surface area (Å²) in [5.41, 5.74) is 6.08. The van der Waals surface area contributed by atoms with Gasteiger partial charge in [-0.3, -0.25) is 0 Å². The summed E-state index contributed by atoms with van der Waals surface area (Å²) < 4.78 is 0. The second-order valence-corrected chi connectivity index (χ2v) is 5.22. The lowest BCUT2D eigenvalue weighted by Gasteiger charge is -2.38. The Labute approximate surface area is 113 Å². The van der Waals surface area contributed by atoms with Crippen molar-refractivity contribution in [2.24, 2.45) is 10.9 Å². The number of aliphatic hydroxyl groups is 1. The first kappa shape index (κ1) is 13.8. The Kier molecular flexibility index (Phi) is 4.39. The summed E-state index contributed by atoms with van der Waals surface area (Å²) in [6, 6.07) is 9.79. The fraction of sp³-hybridized carbons (Fsp3) is 0.500. The van der Waals surface area contributed by atoms with Gasteiger partial charge in [-0.15, -0.1) is 0 Å². The second kappa shape index (κ2) is 6.04. The molecule has 0 radical (unpaired) electrons. The van der Waals surface area contributed by atoms with E-state index in [1.807, 2.05) is 30.3 Å². The minimum absolute atomic E-state index is 0.0540. The predicted octanol–water partition coefficient (Wildman–Crippen LogP) is 1.37. The van der Waals surface area contributed by atoms with Gasteiger partial charge in [-0.05, 0) is 24.8 Å². The van der Waals surface area contributed by atoms with Gasteiger partial charge in [0.25, 0.3) is 0 Å². The van der Waals surface area contributed by atoms with Crippen LogP contribution in [0.2, 0.25) is 0 Å². The molecule has 1 fully saturated rings. The maximum atomic E-state index is 10.1. The van der Waals surface area contributed by atoms with Crippen LogP contribution in [-0.2, 0) is 0 Å². The van der Waals surface area contributed by atoms with E-state index in [1.54, 1.807) is 0 Å². The highest BCUT2D eigenvalue weighted by Crippen LogP contribution is 2.31. The third-order valence-electron chi connectivity index (χ3n) is 3.71. The minimum atomic E-state index is -0.585. The van der Waals surface area contributed by atoms with Crippen molar-refractivity contribution in [3.05, 3.63) is 35.9 Å². The van der Waals surface area contributed by atoms with Crippen LogP contribution in [0, 0.1) is 0 Å². The SMILES string of the molecule is N/C(CC(NCC1(O)CCC1)c1ccccc1)=N/O. The fourth-order valence-corrected chi connectivity index (χ4v) is 2.32. The summed E-state index contributed by atoms with van der Waals surface area (Å²) in [6.45, 7) is 0.533. The summed E-state index contributed by atoms with van der Waals surface area (Å²) >= 11 is 0. The molecule has 1 saturated carbocycles. The van der Waals surface area contributed by atoms with Gasteiger partial charge in [0.05, 0.1) is 5.60 Å². The summed E-state index contributed by atoms with van der Waals surface area (Å²) in [7, 11) is 0. The van der Waals surface area contributed by atoms with Crippen molar-refractivity contribution >= 4 is 5.84 Å². The average Bonchev–Trinajstić information content (AvgIpc) is 2.42. The lowest BCUT2D eigenvalue weighted by molar-refractivity contribution is -0.0331. The smallest absolute Gasteiger partial charge is 0.141 e. The Morgan fingerprint density at radius 1 is 1.37 bits per heavy atom. The third-order valence-corrected chi connectivity index (χ3v) is 3.71. The number of benzene rings is 1. The molecule has 1 aromatic rings. The second-order valence-electron chi connectivity index (χ2n) is 5.22. The van der Waals surface area contributed by atoms with E-state index in [0.717, 1.165) is 24.8 Å². The summed E-state index contributed by atoms with van der Waals surface area (Å²) in [5.74, 6) is 0.182. The van der Waals surface area contributed by atoms with Gasteiger partial charge in [0.15, 0.2) is 0 Å². The van der Waals surface area contributed by atoms with Gasteiger partial charge in [0, 0.05) is 19.0 Å². The largest absolute Gasteiger partial charge is 0.409 e. The van der Waals surface area contributed by atoms with Gasteiger partial charge in [-0.1, -0.05) is 35.5 Å². The Hall–Kier alpha value is -1.59. The highest BCUT2D eigenvalue weighted by molar-refractivity contribution is 5.80. The molecule has 0 saturated heterocycles. The molecule has 0 heterocycles. The molecule has 0 amide bonds. The van der Waals surface area contributed by atoms with E-state index in [2.05, 4.69) is 10.5 Å². The van der Waals surface area contributed by atoms with Crippen molar-refractivity contribution in [3.63, 3.8) is 0 Å². The van der Waals surface area contributed by atoms with Gasteiger partial charge >= 0.3 is 0 Å². The van der Waals surface area contributed by atoms with Crippen molar-refractivity contribution < 1.29 is 10.3 Å². The molecule has 1 aliphatic rings. The quantitative estimate of drug-likeness (QED) is 0.270. The fourth-order valence-electron chi connectivity index (χ4n) is 2.32. The highest BCUT2D eigenvalue weighted by Gasteiger charge is 2.34. The van der Waals surface area contributed by atoms with E-state index in [9.17, 15) is 5.11 Å². The molecule has 19 heavy (non-hydrogen) atoms. The molecule has 5 heteroatoms. The molecule has 0 aliphatic heterocycles. The maximum Gasteiger partial charge on any atom is 0.141 e. The molecule has 5 nitrogen and oxygen atoms in total. The lowest BCUT2D eigenvalue weighted by Crippen LogP contribution is -2.47. The van der Waals surface area contributed by atoms with Crippen LogP contribution in [-0.4, -0.2) is 28.3 Å². The van der Waals surface area contributed by atoms with Crippen molar-refractivity contribution in [3.8, 4) is 0 Å². The van der Waals surface area contributed by atoms with Crippen LogP contribution in [0.15, 0.2) is 35.5 Å². The highest BCUT2D eigenvalue weighted by atomic mass is 16.4. The van der Waals surface area contributed by atoms with Gasteiger partial charge in [-0.2, -0.15) is 0 Å². The predicted molar refractivity (Wildman–Crippen MR) is 74.0 cm³/mol. The zero-order valence-electron chi connectivity index (χ0n) is 10.9. The first-order valence-electron chi connectivity index (χ1n) is 6.60. The molecule has 0 aromatic heterocycles. The number of nitrogens with one attached hydrogen (secondary N) is 1. The van der Waals surface area contributed by atoms with Crippen molar-refractivity contribution in [2.45, 2.75) is 37.3 Å². The number of hydrogen-bond donors (Lipinski definition) is 4. The maximum absolute atomic E-state index is 10.1. The van der Waals surface area contributed by atoms with Gasteiger partial charge in [0.1, 0.15) is 5.84 Å². The summed E-state index contributed by atoms with van der Waals surface area (Å²) in [6.07, 6.45) is 3.17. The summed E-state index contributed by atoms with van der Waals surface area (Å²) in [4.78, 5) is 0. The molecule has 5 N–H and O–H groups in total. The molecule has 0 spiro atoms. The van der Waals surface area contributed by atoms with E-state index < -0.39 is 5.60 Å². The van der Waals surface area contributed by atoms with Crippen LogP contribution in [0.25, 0.3) is 0 Å². The summed E-state index contributed by atoms with van der Waals surface area (Å²) in [5, 5.41) is 25.2. The van der Waals surface area contributed by atoms with E-state index >= 15 is 0 Å². The Bertz CT molecular complexity index is 430. The van der Waals surface area contributed by atoms with Crippen molar-refractivity contribution in [1.82, 2.24) is 5.32 Å². The monoisotopic (exact) mass is 263 g/mol. The standard InChI is InChI=1S/C14H21N3O2/c15-13(17-19)9-12(11-5-2-1-3-6-11)16-10-14(18)7-4-8-14/h1-3,5-6,12,16,18-19H,4,7-10H2,(H2,15,17). The van der Waals surface area contributed by atoms with Crippen molar-refractivity contribution in [2.75, 3.05) is 6.54 Å². The topological polar surface area (TPSA) is 90.9 Å². The molecule has 104 valence electrons. The van der Waals surface area contributed by atoms with E-state index in [4.69, 9.17) is 10.9 Å². The first-order valence-corrected chi connectivity index (χ1v) is 6.60. The van der Waals surface area contributed by atoms with Gasteiger partial charge in [-0.25, -0.2) is 0 Å². The first-order chi connectivity index (χ1) is 9.13. The van der Waals surface area contributed by atoms with Crippen LogP contribution in [0.4, 0.5) is 0 Å². The number of oxime groups is 1. The van der Waals surface area contributed by atoms with Crippen LogP contribution >= 0.6 is 0 Å². The van der Waals surface area contributed by atoms with Crippen LogP contribution in [0.1, 0.15) is 37.3 Å². The number of nitrogens with zero attached hydrogens (tertiary/aromatic N) is 1. The van der Waals surface area contributed by atoms with Crippen LogP contribution < -0.4 is 11.1 Å². The van der Waals surface area contributed by atoms with E-state index in [-0.39, 0.29) is 11.9 Å². The molecule has 2 rings (SSSR count). The van der Waals surface area contributed by atoms with E-state index in [0.29, 0.717) is 13.0 Å². The van der Waals surface area contributed by atoms with E-state index in [1.165, 1.54) is 0 Å². The Morgan fingerprint density at radius 2 is 2.05 bits per heavy atom. The number of amidine groups is 1. The molecular weight excluding hydrogens is 242 g/mol. The molecule has 0 bridgehead atoms. The zero-order chi connectivity index (χ0) is 13.7. The average molecular weight is 263 g/mol. The molecule has 1 aliphatic carbocycles. The Morgan fingerprint density at radius 3 is 2.58 bits per heavy atom. The number of nitrogens with two attached hydrogens (primary N) is 1.